The number of piperidine rings is 1. The molecule has 0 atom stereocenters. The molecule has 2 fully saturated rings. The second-order valence-corrected chi connectivity index (χ2v) is 12.7. The van der Waals surface area contributed by atoms with Crippen molar-refractivity contribution in [1.82, 2.24) is 14.9 Å². The first kappa shape index (κ1) is 31.0. The van der Waals surface area contributed by atoms with Crippen molar-refractivity contribution in [2.45, 2.75) is 70.4 Å². The molecule has 0 amide bonds. The van der Waals surface area contributed by atoms with E-state index in [1.807, 2.05) is 35.2 Å². The van der Waals surface area contributed by atoms with Crippen molar-refractivity contribution >= 4 is 23.1 Å². The molecule has 2 saturated heterocycles. The van der Waals surface area contributed by atoms with E-state index in [0.29, 0.717) is 32.8 Å². The van der Waals surface area contributed by atoms with Gasteiger partial charge < -0.3 is 19.9 Å². The van der Waals surface area contributed by atoms with Crippen LogP contribution in [0, 0.1) is 5.82 Å². The number of nitrogens with zero attached hydrogens (tertiary/aromatic N) is 5. The van der Waals surface area contributed by atoms with Crippen LogP contribution in [0.4, 0.5) is 40.7 Å². The third-order valence-corrected chi connectivity index (χ3v) is 8.83. The van der Waals surface area contributed by atoms with Crippen molar-refractivity contribution in [3.05, 3.63) is 71.7 Å². The molecule has 1 aromatic heterocycles. The molecular weight excluding hydrogens is 560 g/mol. The SMILES string of the molecule is CN1C(C)(C)CC(N(Cc2ccccc2)c2nc(Nc3ccc(N4CCOCC4)c(C(F)(F)F)c3)ncc2F)CC1(C)C. The zero-order chi connectivity index (χ0) is 31.0. The number of hydrogen-bond donors (Lipinski definition) is 1. The second kappa shape index (κ2) is 11.9. The molecule has 43 heavy (non-hydrogen) atoms. The summed E-state index contributed by atoms with van der Waals surface area (Å²) in [5, 5.41) is 2.91. The zero-order valence-corrected chi connectivity index (χ0v) is 25.4. The van der Waals surface area contributed by atoms with Crippen LogP contribution in [-0.4, -0.2) is 65.3 Å². The van der Waals surface area contributed by atoms with Gasteiger partial charge >= 0.3 is 6.18 Å². The lowest BCUT2D eigenvalue weighted by Crippen LogP contribution is -2.62. The maximum absolute atomic E-state index is 15.6. The summed E-state index contributed by atoms with van der Waals surface area (Å²) in [6.45, 7) is 10.6. The standard InChI is InChI=1S/C32H40F4N6O/c1-30(2)18-24(19-31(3,4)40(30)5)42(21-22-9-7-6-8-10-22)28-26(33)20-37-29(39-28)38-23-11-12-27(25(17-23)32(34,35)36)41-13-15-43-16-14-41/h6-12,17,20,24H,13-16,18-19,21H2,1-5H3,(H,37,38,39). The minimum absolute atomic E-state index is 0.0214. The topological polar surface area (TPSA) is 56.8 Å². The highest BCUT2D eigenvalue weighted by Gasteiger charge is 2.45. The van der Waals surface area contributed by atoms with Gasteiger partial charge in [-0.15, -0.1) is 0 Å². The number of aromatic nitrogens is 2. The molecule has 2 aromatic carbocycles. The summed E-state index contributed by atoms with van der Waals surface area (Å²) in [5.74, 6) is -0.452. The van der Waals surface area contributed by atoms with E-state index in [0.717, 1.165) is 30.7 Å². The van der Waals surface area contributed by atoms with Crippen LogP contribution >= 0.6 is 0 Å². The van der Waals surface area contributed by atoms with Crippen molar-refractivity contribution in [1.29, 1.82) is 0 Å². The molecular formula is C32H40F4N6O. The van der Waals surface area contributed by atoms with E-state index in [1.54, 1.807) is 11.0 Å². The van der Waals surface area contributed by atoms with E-state index < -0.39 is 17.6 Å². The second-order valence-electron chi connectivity index (χ2n) is 12.7. The van der Waals surface area contributed by atoms with Crippen molar-refractivity contribution in [2.24, 2.45) is 0 Å². The fraction of sp³-hybridized carbons (Fsp3) is 0.500. The van der Waals surface area contributed by atoms with Gasteiger partial charge in [0.25, 0.3) is 0 Å². The van der Waals surface area contributed by atoms with Crippen molar-refractivity contribution in [3.8, 4) is 0 Å². The van der Waals surface area contributed by atoms with Crippen LogP contribution in [0.25, 0.3) is 0 Å². The Hall–Kier alpha value is -3.44. The van der Waals surface area contributed by atoms with Gasteiger partial charge in [0.15, 0.2) is 11.6 Å². The predicted molar refractivity (Wildman–Crippen MR) is 161 cm³/mol. The Morgan fingerprint density at radius 1 is 1.00 bits per heavy atom. The van der Waals surface area contributed by atoms with E-state index in [-0.39, 0.29) is 40.3 Å². The molecule has 2 aliphatic heterocycles. The average Bonchev–Trinajstić information content (AvgIpc) is 2.96. The van der Waals surface area contributed by atoms with Crippen molar-refractivity contribution < 1.29 is 22.3 Å². The summed E-state index contributed by atoms with van der Waals surface area (Å²) < 4.78 is 63.3. The van der Waals surface area contributed by atoms with Gasteiger partial charge in [-0.1, -0.05) is 30.3 Å². The first-order valence-corrected chi connectivity index (χ1v) is 14.6. The van der Waals surface area contributed by atoms with Crippen molar-refractivity contribution in [2.75, 3.05) is 48.5 Å². The highest BCUT2D eigenvalue weighted by atomic mass is 19.4. The van der Waals surface area contributed by atoms with Crippen LogP contribution < -0.4 is 15.1 Å². The Labute approximate surface area is 250 Å². The molecule has 3 heterocycles. The highest BCUT2D eigenvalue weighted by Crippen LogP contribution is 2.42. The molecule has 11 heteroatoms. The lowest BCUT2D eigenvalue weighted by atomic mass is 9.77. The molecule has 1 N–H and O–H groups in total. The van der Waals surface area contributed by atoms with E-state index in [4.69, 9.17) is 4.74 Å². The lowest BCUT2D eigenvalue weighted by molar-refractivity contribution is -0.137. The summed E-state index contributed by atoms with van der Waals surface area (Å²) in [6.07, 6.45) is -1.95. The maximum atomic E-state index is 15.6. The van der Waals surface area contributed by atoms with Crippen LogP contribution in [0.3, 0.4) is 0 Å². The van der Waals surface area contributed by atoms with Gasteiger partial charge in [0.2, 0.25) is 5.95 Å². The Kier molecular flexibility index (Phi) is 8.59. The molecule has 3 aromatic rings. The monoisotopic (exact) mass is 600 g/mol. The molecule has 0 unspecified atom stereocenters. The molecule has 7 nitrogen and oxygen atoms in total. The Morgan fingerprint density at radius 2 is 1.65 bits per heavy atom. The molecule has 5 rings (SSSR count). The minimum atomic E-state index is -4.57. The first-order valence-electron chi connectivity index (χ1n) is 14.6. The average molecular weight is 601 g/mol. The van der Waals surface area contributed by atoms with Gasteiger partial charge in [-0.25, -0.2) is 9.37 Å². The predicted octanol–water partition coefficient (Wildman–Crippen LogP) is 6.87. The lowest BCUT2D eigenvalue weighted by Gasteiger charge is -2.55. The van der Waals surface area contributed by atoms with Crippen LogP contribution in [0.2, 0.25) is 0 Å². The maximum Gasteiger partial charge on any atom is 0.418 e. The number of benzene rings is 2. The number of morpholine rings is 1. The van der Waals surface area contributed by atoms with E-state index in [1.165, 1.54) is 6.07 Å². The van der Waals surface area contributed by atoms with E-state index >= 15 is 4.39 Å². The molecule has 0 saturated carbocycles. The van der Waals surface area contributed by atoms with E-state index in [9.17, 15) is 13.2 Å². The van der Waals surface area contributed by atoms with E-state index in [2.05, 4.69) is 54.9 Å². The summed E-state index contributed by atoms with van der Waals surface area (Å²) in [6, 6.07) is 13.8. The molecule has 0 radical (unpaired) electrons. The molecule has 0 spiro atoms. The summed E-state index contributed by atoms with van der Waals surface area (Å²) in [7, 11) is 2.12. The van der Waals surface area contributed by atoms with Crippen LogP contribution in [0.1, 0.15) is 51.7 Å². The fourth-order valence-electron chi connectivity index (χ4n) is 6.37. The Morgan fingerprint density at radius 3 is 2.28 bits per heavy atom. The fourth-order valence-corrected chi connectivity index (χ4v) is 6.37. The Bertz CT molecular complexity index is 1390. The Balaban J connectivity index is 1.49. The third kappa shape index (κ3) is 6.88. The number of alkyl halides is 3. The van der Waals surface area contributed by atoms with Gasteiger partial charge in [-0.3, -0.25) is 4.90 Å². The highest BCUT2D eigenvalue weighted by molar-refractivity contribution is 5.65. The first-order chi connectivity index (χ1) is 20.2. The van der Waals surface area contributed by atoms with Gasteiger partial charge in [-0.05, 0) is 71.3 Å². The summed E-state index contributed by atoms with van der Waals surface area (Å²) in [5.41, 5.74) is 0.174. The summed E-state index contributed by atoms with van der Waals surface area (Å²) in [4.78, 5) is 14.7. The van der Waals surface area contributed by atoms with Crippen LogP contribution in [0.15, 0.2) is 54.7 Å². The minimum Gasteiger partial charge on any atom is -0.378 e. The third-order valence-electron chi connectivity index (χ3n) is 8.83. The quantitative estimate of drug-likeness (QED) is 0.297. The number of rotatable bonds is 7. The number of hydrogen-bond acceptors (Lipinski definition) is 7. The molecule has 2 aliphatic rings. The zero-order valence-electron chi connectivity index (χ0n) is 25.4. The van der Waals surface area contributed by atoms with Gasteiger partial charge in [0, 0.05) is 48.1 Å². The van der Waals surface area contributed by atoms with Crippen molar-refractivity contribution in [3.63, 3.8) is 0 Å². The number of anilines is 4. The van der Waals surface area contributed by atoms with Gasteiger partial charge in [-0.2, -0.15) is 18.2 Å². The number of halogens is 4. The smallest absolute Gasteiger partial charge is 0.378 e. The van der Waals surface area contributed by atoms with Crippen LogP contribution in [-0.2, 0) is 17.5 Å². The van der Waals surface area contributed by atoms with Gasteiger partial charge in [0.05, 0.1) is 25.0 Å². The molecule has 232 valence electrons. The largest absolute Gasteiger partial charge is 0.418 e. The molecule has 0 bridgehead atoms. The van der Waals surface area contributed by atoms with Gasteiger partial charge in [0.1, 0.15) is 0 Å². The summed E-state index contributed by atoms with van der Waals surface area (Å²) >= 11 is 0. The number of ether oxygens (including phenoxy) is 1. The number of likely N-dealkylation sites (tertiary alicyclic amines) is 1. The normalized spacial score (nSPS) is 19.3. The molecule has 0 aliphatic carbocycles. The number of nitrogens with one attached hydrogen (secondary N) is 1. The van der Waals surface area contributed by atoms with Crippen LogP contribution in [0.5, 0.6) is 0 Å².